The first kappa shape index (κ1) is 23.9. The number of carbonyl (C=O) groups excluding carboxylic acids is 2. The molecule has 172 valence electrons. The van der Waals surface area contributed by atoms with Crippen LogP contribution in [0.3, 0.4) is 0 Å². The third-order valence-electron chi connectivity index (χ3n) is 4.94. The molecule has 11 heteroatoms. The molecule has 2 aromatic carbocycles. The van der Waals surface area contributed by atoms with Crippen LogP contribution in [0.5, 0.6) is 0 Å². The quantitative estimate of drug-likeness (QED) is 0.279. The number of benzene rings is 2. The molecule has 3 rings (SSSR count). The van der Waals surface area contributed by atoms with E-state index in [4.69, 9.17) is 0 Å². The van der Waals surface area contributed by atoms with Gasteiger partial charge in [-0.2, -0.15) is 0 Å². The van der Waals surface area contributed by atoms with Crippen molar-refractivity contribution >= 4 is 40.6 Å². The number of carbonyl (C=O) groups is 2. The van der Waals surface area contributed by atoms with Crippen LogP contribution in [-0.4, -0.2) is 37.3 Å². The van der Waals surface area contributed by atoms with Gasteiger partial charge in [0.25, 0.3) is 5.69 Å². The van der Waals surface area contributed by atoms with Gasteiger partial charge in [-0.1, -0.05) is 36.9 Å². The fraction of sp³-hybridized carbons (Fsp3) is 0.273. The molecule has 10 nitrogen and oxygen atoms in total. The lowest BCUT2D eigenvalue weighted by atomic mass is 10.1. The predicted octanol–water partition coefficient (Wildman–Crippen LogP) is 3.51. The fourth-order valence-corrected chi connectivity index (χ4v) is 3.86. The summed E-state index contributed by atoms with van der Waals surface area (Å²) in [6, 6.07) is 11.9. The minimum Gasteiger partial charge on any atom is -0.325 e. The number of para-hydroxylation sites is 1. The molecule has 0 aliphatic heterocycles. The van der Waals surface area contributed by atoms with Crippen LogP contribution >= 0.6 is 11.8 Å². The number of hydrogen-bond acceptors (Lipinski definition) is 7. The van der Waals surface area contributed by atoms with Crippen molar-refractivity contribution in [3.8, 4) is 0 Å². The Labute approximate surface area is 194 Å². The molecule has 0 radical (unpaired) electrons. The molecule has 0 saturated carbocycles. The molecule has 1 aromatic heterocycles. The van der Waals surface area contributed by atoms with Crippen LogP contribution in [0, 0.1) is 17.0 Å². The van der Waals surface area contributed by atoms with E-state index in [0.29, 0.717) is 22.2 Å². The van der Waals surface area contributed by atoms with E-state index in [1.165, 1.54) is 30.0 Å². The summed E-state index contributed by atoms with van der Waals surface area (Å²) in [5, 5.41) is 25.1. The van der Waals surface area contributed by atoms with E-state index in [2.05, 4.69) is 20.8 Å². The zero-order valence-electron chi connectivity index (χ0n) is 18.5. The summed E-state index contributed by atoms with van der Waals surface area (Å²) < 4.78 is 1.68. The van der Waals surface area contributed by atoms with E-state index >= 15 is 0 Å². The highest BCUT2D eigenvalue weighted by Crippen LogP contribution is 2.22. The van der Waals surface area contributed by atoms with Gasteiger partial charge >= 0.3 is 0 Å². The van der Waals surface area contributed by atoms with Crippen LogP contribution in [0.15, 0.2) is 47.6 Å². The summed E-state index contributed by atoms with van der Waals surface area (Å²) in [7, 11) is 1.74. The number of nitrogens with one attached hydrogen (secondary N) is 2. The number of nitrogens with zero attached hydrogens (tertiary/aromatic N) is 4. The molecular formula is C22H24N6O4S. The zero-order valence-corrected chi connectivity index (χ0v) is 19.3. The number of non-ortho nitro benzene ring substituents is 1. The van der Waals surface area contributed by atoms with Crippen LogP contribution in [0.25, 0.3) is 0 Å². The largest absolute Gasteiger partial charge is 0.325 e. The SMILES string of the molecule is CCc1ccccc1NC(=O)Cc1nnc(SCC(=O)Nc2ccc([N+](=O)[O-])cc2C)n1C. The highest BCUT2D eigenvalue weighted by molar-refractivity contribution is 7.99. The number of nitro groups is 1. The van der Waals surface area contributed by atoms with Crippen molar-refractivity contribution in [1.82, 2.24) is 14.8 Å². The van der Waals surface area contributed by atoms with Crippen molar-refractivity contribution in [3.63, 3.8) is 0 Å². The zero-order chi connectivity index (χ0) is 24.0. The minimum atomic E-state index is -0.483. The van der Waals surface area contributed by atoms with E-state index in [1.54, 1.807) is 18.5 Å². The van der Waals surface area contributed by atoms with Crippen LogP contribution < -0.4 is 10.6 Å². The van der Waals surface area contributed by atoms with Crippen LogP contribution in [-0.2, 0) is 29.5 Å². The van der Waals surface area contributed by atoms with E-state index < -0.39 is 4.92 Å². The van der Waals surface area contributed by atoms with Gasteiger partial charge in [-0.25, -0.2) is 0 Å². The van der Waals surface area contributed by atoms with Crippen LogP contribution in [0.1, 0.15) is 23.9 Å². The topological polar surface area (TPSA) is 132 Å². The summed E-state index contributed by atoms with van der Waals surface area (Å²) in [5.74, 6) is 0.0683. The number of nitro benzene ring substituents is 1. The first-order valence-corrected chi connectivity index (χ1v) is 11.2. The molecule has 0 bridgehead atoms. The average molecular weight is 469 g/mol. The maximum atomic E-state index is 12.5. The lowest BCUT2D eigenvalue weighted by molar-refractivity contribution is -0.384. The Kier molecular flexibility index (Phi) is 7.78. The molecule has 1 heterocycles. The number of hydrogen-bond donors (Lipinski definition) is 2. The van der Waals surface area contributed by atoms with E-state index in [0.717, 1.165) is 17.7 Å². The van der Waals surface area contributed by atoms with Gasteiger partial charge in [0.1, 0.15) is 5.82 Å². The lowest BCUT2D eigenvalue weighted by Gasteiger charge is -2.10. The second-order valence-electron chi connectivity index (χ2n) is 7.29. The van der Waals surface area contributed by atoms with Gasteiger partial charge in [0.2, 0.25) is 11.8 Å². The Balaban J connectivity index is 1.56. The fourth-order valence-electron chi connectivity index (χ4n) is 3.13. The van der Waals surface area contributed by atoms with Crippen LogP contribution in [0.2, 0.25) is 0 Å². The smallest absolute Gasteiger partial charge is 0.269 e. The molecule has 0 unspecified atom stereocenters. The Morgan fingerprint density at radius 1 is 1.09 bits per heavy atom. The summed E-state index contributed by atoms with van der Waals surface area (Å²) in [5.41, 5.74) is 2.90. The number of thioether (sulfide) groups is 1. The van der Waals surface area contributed by atoms with E-state index in [-0.39, 0.29) is 29.7 Å². The first-order valence-electron chi connectivity index (χ1n) is 10.2. The number of aromatic nitrogens is 3. The van der Waals surface area contributed by atoms with Gasteiger partial charge in [-0.05, 0) is 36.6 Å². The lowest BCUT2D eigenvalue weighted by Crippen LogP contribution is -2.18. The van der Waals surface area contributed by atoms with Crippen molar-refractivity contribution < 1.29 is 14.5 Å². The Hall–Kier alpha value is -3.73. The van der Waals surface area contributed by atoms with Crippen molar-refractivity contribution in [2.24, 2.45) is 7.05 Å². The summed E-state index contributed by atoms with van der Waals surface area (Å²) in [6.07, 6.45) is 0.860. The minimum absolute atomic E-state index is 0.0336. The molecule has 0 fully saturated rings. The van der Waals surface area contributed by atoms with Gasteiger partial charge in [-0.3, -0.25) is 19.7 Å². The van der Waals surface area contributed by atoms with Crippen molar-refractivity contribution in [2.75, 3.05) is 16.4 Å². The molecule has 0 spiro atoms. The number of aryl methyl sites for hydroxylation is 2. The number of anilines is 2. The summed E-state index contributed by atoms with van der Waals surface area (Å²) in [4.78, 5) is 35.2. The predicted molar refractivity (Wildman–Crippen MR) is 126 cm³/mol. The molecular weight excluding hydrogens is 444 g/mol. The number of amides is 2. The Morgan fingerprint density at radius 2 is 1.82 bits per heavy atom. The maximum Gasteiger partial charge on any atom is 0.269 e. The second kappa shape index (κ2) is 10.7. The average Bonchev–Trinajstić information content (AvgIpc) is 3.13. The number of rotatable bonds is 9. The van der Waals surface area contributed by atoms with Gasteiger partial charge in [0.05, 0.1) is 17.1 Å². The monoisotopic (exact) mass is 468 g/mol. The van der Waals surface area contributed by atoms with Gasteiger partial charge in [-0.15, -0.1) is 10.2 Å². The molecule has 0 saturated heterocycles. The Bertz CT molecular complexity index is 1190. The van der Waals surface area contributed by atoms with Gasteiger partial charge < -0.3 is 15.2 Å². The van der Waals surface area contributed by atoms with Crippen molar-refractivity contribution in [1.29, 1.82) is 0 Å². The van der Waals surface area contributed by atoms with Crippen molar-refractivity contribution in [3.05, 3.63) is 69.5 Å². The summed E-state index contributed by atoms with van der Waals surface area (Å²) >= 11 is 1.18. The van der Waals surface area contributed by atoms with Crippen LogP contribution in [0.4, 0.5) is 17.1 Å². The molecule has 0 aliphatic carbocycles. The van der Waals surface area contributed by atoms with Crippen molar-refractivity contribution in [2.45, 2.75) is 31.8 Å². The van der Waals surface area contributed by atoms with E-state index in [9.17, 15) is 19.7 Å². The standard InChI is InChI=1S/C22H24N6O4S/c1-4-15-7-5-6-8-18(15)24-20(29)12-19-25-26-22(27(19)3)33-13-21(30)23-17-10-9-16(28(31)32)11-14(17)2/h5-11H,4,12-13H2,1-3H3,(H,23,30)(H,24,29). The normalized spacial score (nSPS) is 10.6. The highest BCUT2D eigenvalue weighted by atomic mass is 32.2. The van der Waals surface area contributed by atoms with E-state index in [1.807, 2.05) is 31.2 Å². The summed E-state index contributed by atoms with van der Waals surface area (Å²) in [6.45, 7) is 3.71. The molecule has 0 atom stereocenters. The molecule has 2 amide bonds. The Morgan fingerprint density at radius 3 is 2.52 bits per heavy atom. The second-order valence-corrected chi connectivity index (χ2v) is 8.23. The molecule has 2 N–H and O–H groups in total. The molecule has 33 heavy (non-hydrogen) atoms. The highest BCUT2D eigenvalue weighted by Gasteiger charge is 2.16. The van der Waals surface area contributed by atoms with Gasteiger partial charge in [0.15, 0.2) is 5.16 Å². The first-order chi connectivity index (χ1) is 15.8. The maximum absolute atomic E-state index is 12.5. The third-order valence-corrected chi connectivity index (χ3v) is 5.96. The van der Waals surface area contributed by atoms with Gasteiger partial charge in [0, 0.05) is 30.6 Å². The third kappa shape index (κ3) is 6.16. The molecule has 3 aromatic rings. The molecule has 0 aliphatic rings.